The highest BCUT2D eigenvalue weighted by molar-refractivity contribution is 5.94. The molecule has 0 amide bonds. The topological polar surface area (TPSA) is 65.9 Å². The van der Waals surface area contributed by atoms with Crippen LogP contribution in [0.15, 0.2) is 36.7 Å². The molecule has 0 N–H and O–H groups in total. The lowest BCUT2D eigenvalue weighted by atomic mass is 10.1. The van der Waals surface area contributed by atoms with Crippen molar-refractivity contribution in [2.45, 2.75) is 6.92 Å². The lowest BCUT2D eigenvalue weighted by Gasteiger charge is -2.23. The van der Waals surface area contributed by atoms with Crippen molar-refractivity contribution in [2.75, 3.05) is 52.6 Å². The van der Waals surface area contributed by atoms with Crippen molar-refractivity contribution in [3.05, 3.63) is 47.8 Å². The summed E-state index contributed by atoms with van der Waals surface area (Å²) < 4.78 is 22.0. The number of terminal acetylenes is 1. The maximum Gasteiger partial charge on any atom is 0.163 e. The summed E-state index contributed by atoms with van der Waals surface area (Å²) >= 11 is 0. The Labute approximate surface area is 182 Å². The van der Waals surface area contributed by atoms with Gasteiger partial charge in [-0.2, -0.15) is 0 Å². The first-order chi connectivity index (χ1) is 15.1. The van der Waals surface area contributed by atoms with Gasteiger partial charge in [-0.25, -0.2) is 9.97 Å². The van der Waals surface area contributed by atoms with E-state index in [1.54, 1.807) is 20.5 Å². The summed E-state index contributed by atoms with van der Waals surface area (Å²) in [6.07, 6.45) is 7.19. The highest BCUT2D eigenvalue weighted by atomic mass is 16.5. The van der Waals surface area contributed by atoms with Crippen LogP contribution in [0.2, 0.25) is 0 Å². The van der Waals surface area contributed by atoms with E-state index in [1.807, 2.05) is 49.2 Å². The van der Waals surface area contributed by atoms with Crippen LogP contribution in [0.5, 0.6) is 11.5 Å². The Bertz CT molecular complexity index is 1080. The van der Waals surface area contributed by atoms with Gasteiger partial charge in [-0.1, -0.05) is 12.0 Å². The van der Waals surface area contributed by atoms with Gasteiger partial charge in [-0.3, -0.25) is 0 Å². The molecule has 0 atom stereocenters. The van der Waals surface area contributed by atoms with Gasteiger partial charge in [-0.15, -0.1) is 6.42 Å². The fourth-order valence-electron chi connectivity index (χ4n) is 3.27. The molecule has 0 unspecified atom stereocenters. The Kier molecular flexibility index (Phi) is 7.65. The third-order valence-electron chi connectivity index (χ3n) is 4.91. The minimum absolute atomic E-state index is 0.394. The summed E-state index contributed by atoms with van der Waals surface area (Å²) in [5.74, 6) is 4.66. The summed E-state index contributed by atoms with van der Waals surface area (Å²) in [7, 11) is 5.22. The van der Waals surface area contributed by atoms with Crippen LogP contribution < -0.4 is 14.4 Å². The summed E-state index contributed by atoms with van der Waals surface area (Å²) in [6, 6.07) is 9.65. The van der Waals surface area contributed by atoms with Crippen molar-refractivity contribution < 1.29 is 18.9 Å². The van der Waals surface area contributed by atoms with Crippen molar-refractivity contribution in [1.82, 2.24) is 9.97 Å². The average Bonchev–Trinajstić information content (AvgIpc) is 2.79. The van der Waals surface area contributed by atoms with E-state index in [2.05, 4.69) is 15.9 Å². The third-order valence-corrected chi connectivity index (χ3v) is 4.91. The number of ether oxygens (including phenoxy) is 4. The summed E-state index contributed by atoms with van der Waals surface area (Å²) in [5, 5.41) is 0.835. The summed E-state index contributed by atoms with van der Waals surface area (Å²) in [5.41, 5.74) is 3.57. The number of benzene rings is 2. The minimum atomic E-state index is 0.394. The number of rotatable bonds is 10. The molecule has 31 heavy (non-hydrogen) atoms. The first-order valence-corrected chi connectivity index (χ1v) is 9.92. The number of hydrogen-bond donors (Lipinski definition) is 0. The van der Waals surface area contributed by atoms with Gasteiger partial charge in [0.25, 0.3) is 0 Å². The van der Waals surface area contributed by atoms with E-state index in [4.69, 9.17) is 25.4 Å². The predicted molar refractivity (Wildman–Crippen MR) is 121 cm³/mol. The fraction of sp³-hybridized carbons (Fsp3) is 0.333. The van der Waals surface area contributed by atoms with Crippen molar-refractivity contribution in [3.8, 4) is 23.8 Å². The Morgan fingerprint density at radius 2 is 1.65 bits per heavy atom. The van der Waals surface area contributed by atoms with Gasteiger partial charge in [0.2, 0.25) is 0 Å². The molecule has 0 radical (unpaired) electrons. The average molecular weight is 421 g/mol. The summed E-state index contributed by atoms with van der Waals surface area (Å²) in [6.45, 7) is 3.73. The molecule has 0 fully saturated rings. The number of nitrogens with zero attached hydrogens (tertiary/aromatic N) is 3. The van der Waals surface area contributed by atoms with E-state index in [0.29, 0.717) is 37.9 Å². The molecule has 3 rings (SSSR count). The monoisotopic (exact) mass is 421 g/mol. The van der Waals surface area contributed by atoms with Crippen molar-refractivity contribution in [3.63, 3.8) is 0 Å². The quantitative estimate of drug-likeness (QED) is 0.365. The lowest BCUT2D eigenvalue weighted by Crippen LogP contribution is -2.14. The first-order valence-electron chi connectivity index (χ1n) is 9.92. The molecule has 0 saturated carbocycles. The van der Waals surface area contributed by atoms with Crippen LogP contribution in [-0.4, -0.2) is 57.7 Å². The second-order valence-electron chi connectivity index (χ2n) is 6.85. The van der Waals surface area contributed by atoms with E-state index in [1.165, 1.54) is 0 Å². The van der Waals surface area contributed by atoms with Crippen LogP contribution in [0.4, 0.5) is 11.5 Å². The zero-order valence-electron chi connectivity index (χ0n) is 18.3. The van der Waals surface area contributed by atoms with Crippen LogP contribution >= 0.6 is 0 Å². The molecule has 1 aromatic heterocycles. The smallest absolute Gasteiger partial charge is 0.163 e. The van der Waals surface area contributed by atoms with Gasteiger partial charge in [0.1, 0.15) is 25.4 Å². The standard InChI is InChI=1S/C24H27N3O4/c1-6-18-8-7-9-21(17(18)2)27(3)24-19-14-22(30-12-10-28-4)23(31-13-11-29-5)15-20(19)25-16-26-24/h1,7-9,14-16H,10-13H2,2-5H3. The van der Waals surface area contributed by atoms with E-state index < -0.39 is 0 Å². The van der Waals surface area contributed by atoms with E-state index in [-0.39, 0.29) is 0 Å². The maximum absolute atomic E-state index is 5.93. The van der Waals surface area contributed by atoms with Crippen LogP contribution in [0, 0.1) is 19.3 Å². The molecule has 0 aliphatic carbocycles. The Balaban J connectivity index is 2.06. The SMILES string of the molecule is C#Cc1cccc(N(C)c2ncnc3cc(OCCOC)c(OCCOC)cc23)c1C. The van der Waals surface area contributed by atoms with Gasteiger partial charge in [-0.05, 0) is 30.7 Å². The van der Waals surface area contributed by atoms with Gasteiger partial charge in [0.05, 0.1) is 18.7 Å². The van der Waals surface area contributed by atoms with E-state index in [9.17, 15) is 0 Å². The van der Waals surface area contributed by atoms with Crippen molar-refractivity contribution in [1.29, 1.82) is 0 Å². The first kappa shape index (κ1) is 22.3. The highest BCUT2D eigenvalue weighted by Crippen LogP contribution is 2.37. The Hall–Kier alpha value is -3.34. The molecule has 2 aromatic carbocycles. The van der Waals surface area contributed by atoms with Crippen molar-refractivity contribution >= 4 is 22.4 Å². The molecule has 0 aliphatic heterocycles. The van der Waals surface area contributed by atoms with Crippen LogP contribution in [0.25, 0.3) is 10.9 Å². The Morgan fingerprint density at radius 3 is 2.29 bits per heavy atom. The van der Waals surface area contributed by atoms with E-state index >= 15 is 0 Å². The van der Waals surface area contributed by atoms with Crippen LogP contribution in [0.1, 0.15) is 11.1 Å². The van der Waals surface area contributed by atoms with Crippen LogP contribution in [-0.2, 0) is 9.47 Å². The Morgan fingerprint density at radius 1 is 0.968 bits per heavy atom. The van der Waals surface area contributed by atoms with Gasteiger partial charge in [0.15, 0.2) is 11.5 Å². The van der Waals surface area contributed by atoms with Crippen LogP contribution in [0.3, 0.4) is 0 Å². The largest absolute Gasteiger partial charge is 0.487 e. The predicted octanol–water partition coefficient (Wildman–Crippen LogP) is 3.74. The summed E-state index contributed by atoms with van der Waals surface area (Å²) in [4.78, 5) is 11.0. The highest BCUT2D eigenvalue weighted by Gasteiger charge is 2.17. The molecule has 7 nitrogen and oxygen atoms in total. The molecule has 0 aliphatic rings. The third kappa shape index (κ3) is 5.05. The number of aromatic nitrogens is 2. The van der Waals surface area contributed by atoms with Gasteiger partial charge < -0.3 is 23.8 Å². The molecule has 0 saturated heterocycles. The number of hydrogen-bond acceptors (Lipinski definition) is 7. The molecule has 162 valence electrons. The molecule has 0 bridgehead atoms. The van der Waals surface area contributed by atoms with Gasteiger partial charge >= 0.3 is 0 Å². The second-order valence-corrected chi connectivity index (χ2v) is 6.85. The minimum Gasteiger partial charge on any atom is -0.487 e. The molecular weight excluding hydrogens is 394 g/mol. The molecule has 0 spiro atoms. The zero-order valence-corrected chi connectivity index (χ0v) is 18.3. The zero-order chi connectivity index (χ0) is 22.2. The number of methoxy groups -OCH3 is 2. The molecule has 3 aromatic rings. The molecular formula is C24H27N3O4. The molecule has 7 heteroatoms. The van der Waals surface area contributed by atoms with E-state index in [0.717, 1.165) is 33.5 Å². The number of anilines is 2. The maximum atomic E-state index is 5.93. The lowest BCUT2D eigenvalue weighted by molar-refractivity contribution is 0.132. The van der Waals surface area contributed by atoms with Gasteiger partial charge in [0, 0.05) is 44.0 Å². The number of fused-ring (bicyclic) bond motifs is 1. The van der Waals surface area contributed by atoms with Crippen molar-refractivity contribution in [2.24, 2.45) is 0 Å². The fourth-order valence-corrected chi connectivity index (χ4v) is 3.27. The molecule has 1 heterocycles. The normalized spacial score (nSPS) is 10.7. The second kappa shape index (κ2) is 10.6.